The topological polar surface area (TPSA) is 84.1 Å². The first-order chi connectivity index (χ1) is 8.08. The van der Waals surface area contributed by atoms with Crippen LogP contribution in [-0.2, 0) is 4.79 Å². The average Bonchev–Trinajstić information content (AvgIpc) is 2.69. The first kappa shape index (κ1) is 11.9. The summed E-state index contributed by atoms with van der Waals surface area (Å²) in [6, 6.07) is 0.139. The zero-order chi connectivity index (χ0) is 12.4. The molecule has 7 heteroatoms. The molecule has 2 rings (SSSR count). The Morgan fingerprint density at radius 2 is 2.41 bits per heavy atom. The lowest BCUT2D eigenvalue weighted by Crippen LogP contribution is -2.35. The number of hydrogen-bond donors (Lipinski definition) is 2. The molecule has 1 aromatic rings. The molecule has 3 N–H and O–H groups in total. The van der Waals surface area contributed by atoms with Gasteiger partial charge in [0.05, 0.1) is 0 Å². The molecular weight excluding hydrogens is 242 g/mol. The van der Waals surface area contributed by atoms with E-state index in [4.69, 9.17) is 17.3 Å². The summed E-state index contributed by atoms with van der Waals surface area (Å²) in [6.07, 6.45) is 2.27. The molecule has 1 saturated heterocycles. The van der Waals surface area contributed by atoms with Gasteiger partial charge in [-0.3, -0.25) is 4.79 Å². The number of hydrogen-bond acceptors (Lipinski definition) is 5. The van der Waals surface area contributed by atoms with Gasteiger partial charge in [0.2, 0.25) is 5.91 Å². The number of carbonyl (C=O) groups excluding carboxylic acids is 1. The van der Waals surface area contributed by atoms with Gasteiger partial charge >= 0.3 is 0 Å². The van der Waals surface area contributed by atoms with Crippen molar-refractivity contribution in [3.05, 3.63) is 11.3 Å². The van der Waals surface area contributed by atoms with Crippen molar-refractivity contribution in [1.29, 1.82) is 0 Å². The number of amides is 1. The molecular formula is C10H14ClN5O. The molecule has 92 valence electrons. The van der Waals surface area contributed by atoms with E-state index in [9.17, 15) is 4.79 Å². The number of halogens is 1. The SMILES string of the molecule is CC(=O)NC1CCN(c2ncnc(N)c2Cl)C1. The van der Waals surface area contributed by atoms with E-state index in [0.29, 0.717) is 17.4 Å². The van der Waals surface area contributed by atoms with E-state index in [2.05, 4.69) is 15.3 Å². The van der Waals surface area contributed by atoms with E-state index in [1.165, 1.54) is 13.3 Å². The lowest BCUT2D eigenvalue weighted by atomic mass is 10.3. The molecule has 1 aromatic heterocycles. The molecule has 1 amide bonds. The Labute approximate surface area is 104 Å². The van der Waals surface area contributed by atoms with Crippen LogP contribution in [0.4, 0.5) is 11.6 Å². The van der Waals surface area contributed by atoms with Crippen LogP contribution in [0.2, 0.25) is 5.02 Å². The van der Waals surface area contributed by atoms with Gasteiger partial charge in [0.15, 0.2) is 5.82 Å². The number of aromatic nitrogens is 2. The Balaban J connectivity index is 2.10. The summed E-state index contributed by atoms with van der Waals surface area (Å²) in [5, 5.41) is 3.25. The fraction of sp³-hybridized carbons (Fsp3) is 0.500. The van der Waals surface area contributed by atoms with E-state index < -0.39 is 0 Å². The molecule has 6 nitrogen and oxygen atoms in total. The Bertz CT molecular complexity index is 439. The second-order valence-electron chi connectivity index (χ2n) is 4.03. The average molecular weight is 256 g/mol. The predicted octanol–water partition coefficient (Wildman–Crippen LogP) is 0.427. The summed E-state index contributed by atoms with van der Waals surface area (Å²) < 4.78 is 0. The standard InChI is InChI=1S/C10H14ClN5O/c1-6(17)15-7-2-3-16(4-7)10-8(11)9(12)13-5-14-10/h5,7H,2-4H2,1H3,(H,15,17)(H2,12,13,14). The predicted molar refractivity (Wildman–Crippen MR) is 65.9 cm³/mol. The van der Waals surface area contributed by atoms with Gasteiger partial charge in [-0.15, -0.1) is 0 Å². The lowest BCUT2D eigenvalue weighted by molar-refractivity contribution is -0.119. The van der Waals surface area contributed by atoms with Crippen molar-refractivity contribution in [3.63, 3.8) is 0 Å². The maximum Gasteiger partial charge on any atom is 0.217 e. The highest BCUT2D eigenvalue weighted by atomic mass is 35.5. The smallest absolute Gasteiger partial charge is 0.217 e. The second kappa shape index (κ2) is 4.75. The van der Waals surface area contributed by atoms with E-state index >= 15 is 0 Å². The molecule has 1 atom stereocenters. The van der Waals surface area contributed by atoms with Crippen LogP contribution in [0.3, 0.4) is 0 Å². The minimum atomic E-state index is -0.0230. The molecule has 0 aliphatic carbocycles. The van der Waals surface area contributed by atoms with Crippen molar-refractivity contribution in [1.82, 2.24) is 15.3 Å². The number of nitrogen functional groups attached to an aromatic ring is 1. The van der Waals surface area contributed by atoms with Crippen molar-refractivity contribution in [2.24, 2.45) is 0 Å². The van der Waals surface area contributed by atoms with Crippen LogP contribution in [-0.4, -0.2) is 35.0 Å². The van der Waals surface area contributed by atoms with E-state index in [1.807, 2.05) is 4.90 Å². The van der Waals surface area contributed by atoms with Crippen molar-refractivity contribution in [3.8, 4) is 0 Å². The first-order valence-electron chi connectivity index (χ1n) is 5.36. The molecule has 2 heterocycles. The third-order valence-corrected chi connectivity index (χ3v) is 3.06. The normalized spacial score (nSPS) is 19.4. The largest absolute Gasteiger partial charge is 0.382 e. The number of nitrogens with one attached hydrogen (secondary N) is 1. The fourth-order valence-electron chi connectivity index (χ4n) is 1.95. The van der Waals surface area contributed by atoms with Crippen LogP contribution < -0.4 is 16.0 Å². The maximum absolute atomic E-state index is 11.0. The number of anilines is 2. The zero-order valence-electron chi connectivity index (χ0n) is 9.48. The van der Waals surface area contributed by atoms with E-state index in [1.54, 1.807) is 0 Å². The molecule has 0 aromatic carbocycles. The third kappa shape index (κ3) is 2.58. The van der Waals surface area contributed by atoms with Gasteiger partial charge in [0.25, 0.3) is 0 Å². The molecule has 1 aliphatic rings. The van der Waals surface area contributed by atoms with Gasteiger partial charge in [0.1, 0.15) is 17.2 Å². The molecule has 0 bridgehead atoms. The van der Waals surface area contributed by atoms with Crippen LogP contribution in [0.15, 0.2) is 6.33 Å². The zero-order valence-corrected chi connectivity index (χ0v) is 10.2. The fourth-order valence-corrected chi connectivity index (χ4v) is 2.17. The molecule has 0 radical (unpaired) electrons. The summed E-state index contributed by atoms with van der Waals surface area (Å²) in [4.78, 5) is 20.9. The highest BCUT2D eigenvalue weighted by Crippen LogP contribution is 2.29. The van der Waals surface area contributed by atoms with Gasteiger partial charge < -0.3 is 16.0 Å². The summed E-state index contributed by atoms with van der Waals surface area (Å²) in [5.74, 6) is 0.886. The highest BCUT2D eigenvalue weighted by molar-refractivity contribution is 6.35. The summed E-state index contributed by atoms with van der Waals surface area (Å²) in [6.45, 7) is 3.00. The Hall–Kier alpha value is -1.56. The summed E-state index contributed by atoms with van der Waals surface area (Å²) in [5.41, 5.74) is 5.62. The van der Waals surface area contributed by atoms with E-state index in [0.717, 1.165) is 13.0 Å². The van der Waals surface area contributed by atoms with Gasteiger partial charge in [-0.2, -0.15) is 0 Å². The molecule has 1 aliphatic heterocycles. The minimum Gasteiger partial charge on any atom is -0.382 e. The van der Waals surface area contributed by atoms with Gasteiger partial charge in [-0.1, -0.05) is 11.6 Å². The number of nitrogens with zero attached hydrogens (tertiary/aromatic N) is 3. The Kier molecular flexibility index (Phi) is 3.33. The minimum absolute atomic E-state index is 0.0230. The van der Waals surface area contributed by atoms with Crippen LogP contribution in [0, 0.1) is 0 Å². The second-order valence-corrected chi connectivity index (χ2v) is 4.41. The summed E-state index contributed by atoms with van der Waals surface area (Å²) in [7, 11) is 0. The lowest BCUT2D eigenvalue weighted by Gasteiger charge is -2.18. The van der Waals surface area contributed by atoms with Gasteiger partial charge in [-0.05, 0) is 6.42 Å². The third-order valence-electron chi connectivity index (χ3n) is 2.69. The first-order valence-corrected chi connectivity index (χ1v) is 5.73. The quantitative estimate of drug-likeness (QED) is 0.801. The maximum atomic E-state index is 11.0. The molecule has 1 fully saturated rings. The molecule has 17 heavy (non-hydrogen) atoms. The van der Waals surface area contributed by atoms with Gasteiger partial charge in [0, 0.05) is 26.1 Å². The van der Waals surface area contributed by atoms with Crippen molar-refractivity contribution >= 4 is 29.1 Å². The van der Waals surface area contributed by atoms with Crippen LogP contribution in [0.5, 0.6) is 0 Å². The Morgan fingerprint density at radius 3 is 3.12 bits per heavy atom. The number of rotatable bonds is 2. The number of carbonyl (C=O) groups is 1. The van der Waals surface area contributed by atoms with Crippen molar-refractivity contribution in [2.45, 2.75) is 19.4 Å². The van der Waals surface area contributed by atoms with Crippen LogP contribution in [0.25, 0.3) is 0 Å². The molecule has 1 unspecified atom stereocenters. The van der Waals surface area contributed by atoms with Crippen LogP contribution in [0.1, 0.15) is 13.3 Å². The van der Waals surface area contributed by atoms with Crippen LogP contribution >= 0.6 is 11.6 Å². The van der Waals surface area contributed by atoms with Crippen molar-refractivity contribution < 1.29 is 4.79 Å². The number of nitrogens with two attached hydrogens (primary N) is 1. The monoisotopic (exact) mass is 255 g/mol. The summed E-state index contributed by atoms with van der Waals surface area (Å²) >= 11 is 6.05. The molecule has 0 spiro atoms. The van der Waals surface area contributed by atoms with Gasteiger partial charge in [-0.25, -0.2) is 9.97 Å². The molecule has 0 saturated carbocycles. The highest BCUT2D eigenvalue weighted by Gasteiger charge is 2.26. The van der Waals surface area contributed by atoms with E-state index in [-0.39, 0.29) is 17.8 Å². The van der Waals surface area contributed by atoms with Crippen molar-refractivity contribution in [2.75, 3.05) is 23.7 Å². The Morgan fingerprint density at radius 1 is 1.65 bits per heavy atom.